The third-order valence-corrected chi connectivity index (χ3v) is 6.68. The van der Waals surface area contributed by atoms with Crippen molar-refractivity contribution in [3.05, 3.63) is 123 Å². The first kappa shape index (κ1) is 24.8. The highest BCUT2D eigenvalue weighted by molar-refractivity contribution is 6.00. The maximum absolute atomic E-state index is 13.9. The Balaban J connectivity index is 1.48. The van der Waals surface area contributed by atoms with E-state index in [0.29, 0.717) is 23.5 Å². The molecule has 1 atom stereocenters. The average Bonchev–Trinajstić information content (AvgIpc) is 3.47. The van der Waals surface area contributed by atoms with Crippen LogP contribution in [0.25, 0.3) is 22.5 Å². The number of hydrogen-bond acceptors (Lipinski definition) is 6. The molecule has 2 aromatic heterocycles. The van der Waals surface area contributed by atoms with Crippen LogP contribution in [0.1, 0.15) is 34.6 Å². The molecule has 0 aliphatic rings. The van der Waals surface area contributed by atoms with Gasteiger partial charge in [-0.15, -0.1) is 10.2 Å². The number of benzene rings is 3. The fourth-order valence-corrected chi connectivity index (χ4v) is 4.62. The largest absolute Gasteiger partial charge is 0.411 e. The van der Waals surface area contributed by atoms with Crippen molar-refractivity contribution < 1.29 is 9.60 Å². The number of hydrogen-bond donors (Lipinski definition) is 2. The third-order valence-electron chi connectivity index (χ3n) is 6.68. The molecular weight excluding hydrogens is 483 g/mol. The van der Waals surface area contributed by atoms with E-state index >= 15 is 0 Å². The number of tetrazole rings is 1. The lowest BCUT2D eigenvalue weighted by Gasteiger charge is -2.21. The fourth-order valence-electron chi connectivity index (χ4n) is 4.62. The number of aromatic amines is 1. The first-order valence-corrected chi connectivity index (χ1v) is 12.0. The number of aryl methyl sites for hydroxylation is 2. The summed E-state index contributed by atoms with van der Waals surface area (Å²) in [5, 5.41) is 27.5. The van der Waals surface area contributed by atoms with E-state index < -0.39 is 0 Å². The molecule has 0 aliphatic heterocycles. The van der Waals surface area contributed by atoms with Gasteiger partial charge < -0.3 is 9.77 Å². The number of nitrogens with one attached hydrogen (secondary N) is 1. The highest BCUT2D eigenvalue weighted by Gasteiger charge is 2.21. The SMILES string of the molecule is Cc1cc(F)ccc1C(C/C(=N/O)c1ccc(=O)n(C)c1)c1ccc(-c2ccc(-c3nn[nH]n3)cc2)cc1. The number of nitrogens with zero attached hydrogens (tertiary/aromatic N) is 5. The highest BCUT2D eigenvalue weighted by atomic mass is 19.1. The van der Waals surface area contributed by atoms with E-state index in [0.717, 1.165) is 33.4 Å². The molecule has 2 N–H and O–H groups in total. The number of H-pyrrole nitrogens is 1. The van der Waals surface area contributed by atoms with Crippen LogP contribution in [-0.4, -0.2) is 36.1 Å². The van der Waals surface area contributed by atoms with Gasteiger partial charge in [0.2, 0.25) is 11.4 Å². The van der Waals surface area contributed by atoms with Crippen molar-refractivity contribution in [2.75, 3.05) is 0 Å². The van der Waals surface area contributed by atoms with Crippen LogP contribution in [0.4, 0.5) is 4.39 Å². The summed E-state index contributed by atoms with van der Waals surface area (Å²) in [6, 6.07) is 23.8. The van der Waals surface area contributed by atoms with Gasteiger partial charge >= 0.3 is 0 Å². The van der Waals surface area contributed by atoms with Gasteiger partial charge in [0.25, 0.3) is 0 Å². The van der Waals surface area contributed by atoms with E-state index in [9.17, 15) is 14.4 Å². The van der Waals surface area contributed by atoms with Crippen LogP contribution < -0.4 is 5.56 Å². The van der Waals surface area contributed by atoms with Crippen LogP contribution in [0.3, 0.4) is 0 Å². The summed E-state index contributed by atoms with van der Waals surface area (Å²) < 4.78 is 15.4. The van der Waals surface area contributed by atoms with Gasteiger partial charge in [0, 0.05) is 42.8 Å². The van der Waals surface area contributed by atoms with Crippen molar-refractivity contribution in [3.63, 3.8) is 0 Å². The van der Waals surface area contributed by atoms with Gasteiger partial charge in [-0.05, 0) is 58.2 Å². The van der Waals surface area contributed by atoms with Crippen LogP contribution in [0, 0.1) is 12.7 Å². The van der Waals surface area contributed by atoms with Crippen molar-refractivity contribution in [2.24, 2.45) is 12.2 Å². The minimum Gasteiger partial charge on any atom is -0.411 e. The quantitative estimate of drug-likeness (QED) is 0.181. The number of halogens is 1. The third kappa shape index (κ3) is 5.12. The average molecular weight is 509 g/mol. The second-order valence-corrected chi connectivity index (χ2v) is 9.11. The summed E-state index contributed by atoms with van der Waals surface area (Å²) in [6.45, 7) is 1.87. The predicted octanol–water partition coefficient (Wildman–Crippen LogP) is 5.08. The van der Waals surface area contributed by atoms with Crippen molar-refractivity contribution >= 4 is 5.71 Å². The van der Waals surface area contributed by atoms with E-state index in [1.165, 1.54) is 22.8 Å². The van der Waals surface area contributed by atoms with E-state index in [1.54, 1.807) is 25.4 Å². The first-order chi connectivity index (χ1) is 18.4. The Kier molecular flexibility index (Phi) is 6.90. The number of pyridine rings is 1. The standard InChI is InChI=1S/C29H25FN6O2/c1-18-15-24(30)12-13-25(18)26(16-27(33-38)23-11-14-28(37)36(2)17-23)21-7-3-19(4-8-21)20-5-9-22(10-6-20)29-31-34-35-32-29/h3-15,17,26,38H,16H2,1-2H3,(H,31,32,34,35)/b33-27-. The Morgan fingerprint density at radius 3 is 2.29 bits per heavy atom. The molecule has 0 radical (unpaired) electrons. The topological polar surface area (TPSA) is 109 Å². The van der Waals surface area contributed by atoms with Crippen LogP contribution in [-0.2, 0) is 7.05 Å². The Labute approximate surface area is 218 Å². The van der Waals surface area contributed by atoms with Gasteiger partial charge in [-0.25, -0.2) is 4.39 Å². The second-order valence-electron chi connectivity index (χ2n) is 9.11. The molecule has 0 fully saturated rings. The maximum Gasteiger partial charge on any atom is 0.250 e. The van der Waals surface area contributed by atoms with E-state index in [2.05, 4.69) is 25.8 Å². The van der Waals surface area contributed by atoms with E-state index in [-0.39, 0.29) is 17.3 Å². The highest BCUT2D eigenvalue weighted by Crippen LogP contribution is 2.34. The second kappa shape index (κ2) is 10.6. The zero-order valence-corrected chi connectivity index (χ0v) is 20.8. The predicted molar refractivity (Wildman–Crippen MR) is 143 cm³/mol. The molecule has 1 unspecified atom stereocenters. The number of rotatable bonds is 7. The molecular formula is C29H25FN6O2. The molecule has 0 saturated carbocycles. The first-order valence-electron chi connectivity index (χ1n) is 12.0. The molecule has 0 aliphatic carbocycles. The molecule has 0 spiro atoms. The summed E-state index contributed by atoms with van der Waals surface area (Å²) in [5.41, 5.74) is 6.53. The van der Waals surface area contributed by atoms with Crippen LogP contribution in [0.2, 0.25) is 0 Å². The van der Waals surface area contributed by atoms with Crippen molar-refractivity contribution in [3.8, 4) is 22.5 Å². The van der Waals surface area contributed by atoms with Crippen molar-refractivity contribution in [1.29, 1.82) is 0 Å². The molecule has 38 heavy (non-hydrogen) atoms. The Bertz CT molecular complexity index is 1640. The lowest BCUT2D eigenvalue weighted by atomic mass is 9.83. The zero-order valence-electron chi connectivity index (χ0n) is 20.8. The van der Waals surface area contributed by atoms with Crippen LogP contribution in [0.5, 0.6) is 0 Å². The molecule has 0 amide bonds. The van der Waals surface area contributed by atoms with Gasteiger partial charge in [-0.2, -0.15) is 5.21 Å². The minimum atomic E-state index is -0.307. The molecule has 0 saturated heterocycles. The summed E-state index contributed by atoms with van der Waals surface area (Å²) >= 11 is 0. The van der Waals surface area contributed by atoms with Crippen molar-refractivity contribution in [1.82, 2.24) is 25.2 Å². The maximum atomic E-state index is 13.9. The Morgan fingerprint density at radius 1 is 1.00 bits per heavy atom. The van der Waals surface area contributed by atoms with Gasteiger partial charge in [0.15, 0.2) is 0 Å². The summed E-state index contributed by atoms with van der Waals surface area (Å²) in [6.07, 6.45) is 1.99. The molecule has 5 aromatic rings. The Hall–Kier alpha value is -4.92. The summed E-state index contributed by atoms with van der Waals surface area (Å²) in [7, 11) is 1.65. The normalized spacial score (nSPS) is 12.4. The Morgan fingerprint density at radius 2 is 1.68 bits per heavy atom. The van der Waals surface area contributed by atoms with Crippen molar-refractivity contribution in [2.45, 2.75) is 19.3 Å². The number of oxime groups is 1. The molecule has 2 heterocycles. The minimum absolute atomic E-state index is 0.155. The van der Waals surface area contributed by atoms with Gasteiger partial charge in [-0.3, -0.25) is 4.79 Å². The lowest BCUT2D eigenvalue weighted by Crippen LogP contribution is -2.18. The summed E-state index contributed by atoms with van der Waals surface area (Å²) in [4.78, 5) is 11.9. The summed E-state index contributed by atoms with van der Waals surface area (Å²) in [5.74, 6) is 0.0105. The van der Waals surface area contributed by atoms with E-state index in [1.807, 2.05) is 55.5 Å². The molecule has 9 heteroatoms. The van der Waals surface area contributed by atoms with E-state index in [4.69, 9.17) is 0 Å². The molecule has 190 valence electrons. The molecule has 5 rings (SSSR count). The van der Waals surface area contributed by atoms with Gasteiger partial charge in [0.05, 0.1) is 5.71 Å². The lowest BCUT2D eigenvalue weighted by molar-refractivity contribution is 0.317. The van der Waals surface area contributed by atoms with Gasteiger partial charge in [-0.1, -0.05) is 59.8 Å². The zero-order chi connectivity index (χ0) is 26.6. The number of aromatic nitrogens is 5. The monoisotopic (exact) mass is 508 g/mol. The smallest absolute Gasteiger partial charge is 0.250 e. The van der Waals surface area contributed by atoms with Crippen LogP contribution in [0.15, 0.2) is 95.0 Å². The van der Waals surface area contributed by atoms with Crippen LogP contribution >= 0.6 is 0 Å². The fraction of sp³-hybridized carbons (Fsp3) is 0.138. The molecule has 3 aromatic carbocycles. The molecule has 8 nitrogen and oxygen atoms in total. The van der Waals surface area contributed by atoms with Gasteiger partial charge in [0.1, 0.15) is 5.82 Å². The molecule has 0 bridgehead atoms.